The Morgan fingerprint density at radius 2 is 1.96 bits per heavy atom. The number of benzene rings is 1. The van der Waals surface area contributed by atoms with E-state index in [0.717, 1.165) is 15.8 Å². The van der Waals surface area contributed by atoms with E-state index in [1.165, 1.54) is 10.7 Å². The van der Waals surface area contributed by atoms with Crippen molar-refractivity contribution in [1.29, 1.82) is 0 Å². The second-order valence-electron chi connectivity index (χ2n) is 5.89. The third-order valence-corrected chi connectivity index (χ3v) is 4.07. The van der Waals surface area contributed by atoms with Crippen molar-refractivity contribution in [3.8, 4) is 5.82 Å². The number of rotatable bonds is 4. The number of amides is 1. The van der Waals surface area contributed by atoms with Gasteiger partial charge < -0.3 is 5.32 Å². The molecule has 1 atom stereocenters. The number of nitrogens with zero attached hydrogens (tertiary/aromatic N) is 4. The molecule has 1 aromatic carbocycles. The van der Waals surface area contributed by atoms with E-state index in [9.17, 15) is 9.59 Å². The summed E-state index contributed by atoms with van der Waals surface area (Å²) in [5.41, 5.74) is 2.58. The molecule has 0 aliphatic carbocycles. The van der Waals surface area contributed by atoms with Crippen LogP contribution in [0.5, 0.6) is 0 Å². The fourth-order valence-corrected chi connectivity index (χ4v) is 2.40. The molecule has 1 unspecified atom stereocenters. The van der Waals surface area contributed by atoms with Crippen LogP contribution in [0.2, 0.25) is 0 Å². The van der Waals surface area contributed by atoms with Crippen molar-refractivity contribution in [2.75, 3.05) is 5.32 Å². The number of hydrogen-bond acceptors (Lipinski definition) is 4. The molecule has 1 N–H and O–H groups in total. The molecule has 1 amide bonds. The molecule has 2 heterocycles. The standard InChI is InChI=1S/C18H19N5O2/c1-12-5-6-15(11-13(12)2)20-18(25)14(3)23-17(24)8-7-16(21-23)22-10-4-9-19-22/h4-11,14H,1-3H3,(H,20,25). The molecule has 0 fully saturated rings. The second kappa shape index (κ2) is 6.72. The van der Waals surface area contributed by atoms with Gasteiger partial charge in [0.2, 0.25) is 5.91 Å². The molecule has 3 aromatic rings. The van der Waals surface area contributed by atoms with Gasteiger partial charge in [0.25, 0.3) is 5.56 Å². The predicted octanol–water partition coefficient (Wildman–Crippen LogP) is 2.25. The van der Waals surface area contributed by atoms with Crippen LogP contribution in [0.3, 0.4) is 0 Å². The quantitative estimate of drug-likeness (QED) is 0.791. The normalized spacial score (nSPS) is 12.0. The Labute approximate surface area is 144 Å². The van der Waals surface area contributed by atoms with Gasteiger partial charge in [-0.05, 0) is 56.2 Å². The van der Waals surface area contributed by atoms with Gasteiger partial charge in [-0.2, -0.15) is 5.10 Å². The summed E-state index contributed by atoms with van der Waals surface area (Å²) in [6.07, 6.45) is 3.34. The minimum absolute atomic E-state index is 0.310. The average molecular weight is 337 g/mol. The predicted molar refractivity (Wildman–Crippen MR) is 94.9 cm³/mol. The van der Waals surface area contributed by atoms with Crippen molar-refractivity contribution in [2.24, 2.45) is 0 Å². The molecule has 2 aromatic heterocycles. The van der Waals surface area contributed by atoms with Crippen LogP contribution in [-0.2, 0) is 4.79 Å². The maximum atomic E-state index is 12.5. The van der Waals surface area contributed by atoms with Crippen molar-refractivity contribution in [2.45, 2.75) is 26.8 Å². The number of aryl methyl sites for hydroxylation is 2. The molecule has 7 nitrogen and oxygen atoms in total. The summed E-state index contributed by atoms with van der Waals surface area (Å²) in [6.45, 7) is 5.62. The van der Waals surface area contributed by atoms with Crippen molar-refractivity contribution in [3.05, 3.63) is 70.3 Å². The number of aromatic nitrogens is 4. The Balaban J connectivity index is 1.85. The van der Waals surface area contributed by atoms with Crippen molar-refractivity contribution in [3.63, 3.8) is 0 Å². The molecule has 0 saturated carbocycles. The first-order chi connectivity index (χ1) is 12.0. The molecular formula is C18H19N5O2. The van der Waals surface area contributed by atoms with Gasteiger partial charge in [-0.15, -0.1) is 5.10 Å². The SMILES string of the molecule is Cc1ccc(NC(=O)C(C)n2nc(-n3cccn3)ccc2=O)cc1C. The van der Waals surface area contributed by atoms with Gasteiger partial charge in [0, 0.05) is 24.1 Å². The van der Waals surface area contributed by atoms with Crippen LogP contribution in [0.4, 0.5) is 5.69 Å². The first-order valence-corrected chi connectivity index (χ1v) is 7.94. The van der Waals surface area contributed by atoms with Crippen LogP contribution in [0.15, 0.2) is 53.6 Å². The third-order valence-electron chi connectivity index (χ3n) is 4.07. The van der Waals surface area contributed by atoms with Crippen LogP contribution >= 0.6 is 0 Å². The highest BCUT2D eigenvalue weighted by molar-refractivity contribution is 5.93. The highest BCUT2D eigenvalue weighted by Gasteiger charge is 2.18. The van der Waals surface area contributed by atoms with Crippen molar-refractivity contribution in [1.82, 2.24) is 19.6 Å². The first kappa shape index (κ1) is 16.6. The van der Waals surface area contributed by atoms with Crippen LogP contribution in [0, 0.1) is 13.8 Å². The van der Waals surface area contributed by atoms with Gasteiger partial charge >= 0.3 is 0 Å². The maximum absolute atomic E-state index is 12.5. The van der Waals surface area contributed by atoms with Gasteiger partial charge in [0.1, 0.15) is 6.04 Å². The lowest BCUT2D eigenvalue weighted by molar-refractivity contribution is -0.119. The van der Waals surface area contributed by atoms with Crippen LogP contribution in [0.1, 0.15) is 24.1 Å². The summed E-state index contributed by atoms with van der Waals surface area (Å²) in [5, 5.41) is 11.2. The smallest absolute Gasteiger partial charge is 0.267 e. The fourth-order valence-electron chi connectivity index (χ4n) is 2.40. The fraction of sp³-hybridized carbons (Fsp3) is 0.222. The zero-order valence-electron chi connectivity index (χ0n) is 14.3. The topological polar surface area (TPSA) is 81.8 Å². The first-order valence-electron chi connectivity index (χ1n) is 7.94. The highest BCUT2D eigenvalue weighted by atomic mass is 16.2. The second-order valence-corrected chi connectivity index (χ2v) is 5.89. The Morgan fingerprint density at radius 1 is 1.16 bits per heavy atom. The minimum atomic E-state index is -0.760. The Kier molecular flexibility index (Phi) is 4.47. The lowest BCUT2D eigenvalue weighted by Crippen LogP contribution is -2.33. The van der Waals surface area contributed by atoms with E-state index in [0.29, 0.717) is 11.5 Å². The third kappa shape index (κ3) is 3.50. The summed E-state index contributed by atoms with van der Waals surface area (Å²) in [7, 11) is 0. The number of carbonyl (C=O) groups is 1. The van der Waals surface area contributed by atoms with E-state index in [2.05, 4.69) is 15.5 Å². The van der Waals surface area contributed by atoms with E-state index in [1.807, 2.05) is 32.0 Å². The summed E-state index contributed by atoms with van der Waals surface area (Å²) in [6, 6.07) is 9.62. The van der Waals surface area contributed by atoms with E-state index in [4.69, 9.17) is 0 Å². The number of nitrogens with one attached hydrogen (secondary N) is 1. The highest BCUT2D eigenvalue weighted by Crippen LogP contribution is 2.16. The van der Waals surface area contributed by atoms with E-state index in [1.54, 1.807) is 31.5 Å². The van der Waals surface area contributed by atoms with Crippen molar-refractivity contribution >= 4 is 11.6 Å². The van der Waals surface area contributed by atoms with Crippen LogP contribution in [0.25, 0.3) is 5.82 Å². The zero-order valence-corrected chi connectivity index (χ0v) is 14.3. The minimum Gasteiger partial charge on any atom is -0.324 e. The molecule has 3 rings (SSSR count). The lowest BCUT2D eigenvalue weighted by atomic mass is 10.1. The average Bonchev–Trinajstić information content (AvgIpc) is 3.12. The molecule has 0 spiro atoms. The van der Waals surface area contributed by atoms with Crippen LogP contribution in [-0.4, -0.2) is 25.5 Å². The zero-order chi connectivity index (χ0) is 18.0. The molecule has 0 radical (unpaired) electrons. The molecular weight excluding hydrogens is 318 g/mol. The molecule has 0 bridgehead atoms. The van der Waals surface area contributed by atoms with Gasteiger partial charge in [0.05, 0.1) is 0 Å². The molecule has 0 saturated heterocycles. The van der Waals surface area contributed by atoms with Gasteiger partial charge in [0.15, 0.2) is 5.82 Å². The molecule has 7 heteroatoms. The summed E-state index contributed by atoms with van der Waals surface area (Å²) >= 11 is 0. The number of hydrogen-bond donors (Lipinski definition) is 1. The number of anilines is 1. The number of carbonyl (C=O) groups excluding carboxylic acids is 1. The Bertz CT molecular complexity index is 960. The van der Waals surface area contributed by atoms with Gasteiger partial charge in [-0.1, -0.05) is 6.07 Å². The molecule has 128 valence electrons. The summed E-state index contributed by atoms with van der Waals surface area (Å²) < 4.78 is 2.69. The lowest BCUT2D eigenvalue weighted by Gasteiger charge is -2.15. The Hall–Kier alpha value is -3.22. The molecule has 0 aliphatic rings. The van der Waals surface area contributed by atoms with E-state index >= 15 is 0 Å². The van der Waals surface area contributed by atoms with E-state index < -0.39 is 6.04 Å². The van der Waals surface area contributed by atoms with E-state index in [-0.39, 0.29) is 11.5 Å². The van der Waals surface area contributed by atoms with Crippen molar-refractivity contribution < 1.29 is 4.79 Å². The molecule has 0 aliphatic heterocycles. The summed E-state index contributed by atoms with van der Waals surface area (Å²) in [4.78, 5) is 24.7. The monoisotopic (exact) mass is 337 g/mol. The maximum Gasteiger partial charge on any atom is 0.267 e. The Morgan fingerprint density at radius 3 is 2.64 bits per heavy atom. The van der Waals surface area contributed by atoms with Crippen LogP contribution < -0.4 is 10.9 Å². The van der Waals surface area contributed by atoms with Gasteiger partial charge in [-0.25, -0.2) is 9.36 Å². The largest absolute Gasteiger partial charge is 0.324 e. The van der Waals surface area contributed by atoms with Gasteiger partial charge in [-0.3, -0.25) is 9.59 Å². The summed E-state index contributed by atoms with van der Waals surface area (Å²) in [5.74, 6) is 0.158. The molecule has 25 heavy (non-hydrogen) atoms.